The van der Waals surface area contributed by atoms with Crippen LogP contribution in [0.25, 0.3) is 0 Å². The van der Waals surface area contributed by atoms with E-state index < -0.39 is 27.9 Å². The smallest absolute Gasteiger partial charge is 0.184 e. The summed E-state index contributed by atoms with van der Waals surface area (Å²) in [7, 11) is 0. The summed E-state index contributed by atoms with van der Waals surface area (Å²) >= 11 is 0. The molecule has 0 saturated heterocycles. The highest BCUT2D eigenvalue weighted by atomic mass is 16.3. The lowest BCUT2D eigenvalue weighted by atomic mass is 9.38. The molecule has 0 radical (unpaired) electrons. The zero-order chi connectivity index (χ0) is 29.9. The first-order valence-electron chi connectivity index (χ1n) is 14.6. The highest BCUT2D eigenvalue weighted by molar-refractivity contribution is 6.33. The summed E-state index contributed by atoms with van der Waals surface area (Å²) in [4.78, 5) is 44.3. The van der Waals surface area contributed by atoms with Gasteiger partial charge >= 0.3 is 0 Å². The molecule has 0 aromatic heterocycles. The van der Waals surface area contributed by atoms with E-state index in [9.17, 15) is 19.5 Å². The molecule has 2 aliphatic rings. The SMILES string of the molecule is CC(C)=CCC[C@]1(C)C(CC=C(C)C)CC2(CC=C(C)C)C(=O)[C@]1(C(=O)C(C)C)C(=O)C(CC=C(C)C)=C2O. The van der Waals surface area contributed by atoms with Crippen LogP contribution in [0.2, 0.25) is 0 Å². The summed E-state index contributed by atoms with van der Waals surface area (Å²) in [5, 5.41) is 11.9. The van der Waals surface area contributed by atoms with Gasteiger partial charge in [-0.15, -0.1) is 0 Å². The summed E-state index contributed by atoms with van der Waals surface area (Å²) in [6, 6.07) is 0. The lowest BCUT2D eigenvalue weighted by molar-refractivity contribution is -0.180. The predicted octanol–water partition coefficient (Wildman–Crippen LogP) is 8.99. The second-order valence-electron chi connectivity index (χ2n) is 13.5. The van der Waals surface area contributed by atoms with E-state index in [1.54, 1.807) is 13.8 Å². The molecular weight excluding hydrogens is 484 g/mol. The van der Waals surface area contributed by atoms with Crippen molar-refractivity contribution in [2.75, 3.05) is 0 Å². The first-order valence-corrected chi connectivity index (χ1v) is 14.6. The fourth-order valence-corrected chi connectivity index (χ4v) is 6.71. The second-order valence-corrected chi connectivity index (χ2v) is 13.5. The van der Waals surface area contributed by atoms with Crippen molar-refractivity contribution in [3.8, 4) is 0 Å². The summed E-state index contributed by atoms with van der Waals surface area (Å²) in [6.07, 6.45) is 11.0. The van der Waals surface area contributed by atoms with Crippen molar-refractivity contribution in [1.29, 1.82) is 0 Å². The van der Waals surface area contributed by atoms with Crippen LogP contribution in [0.1, 0.15) is 115 Å². The third kappa shape index (κ3) is 5.86. The molecule has 216 valence electrons. The van der Waals surface area contributed by atoms with Gasteiger partial charge in [-0.1, -0.05) is 67.4 Å². The molecule has 0 aliphatic heterocycles. The van der Waals surface area contributed by atoms with Crippen LogP contribution in [0.15, 0.2) is 57.9 Å². The van der Waals surface area contributed by atoms with E-state index in [1.807, 2.05) is 74.5 Å². The summed E-state index contributed by atoms with van der Waals surface area (Å²) in [6.45, 7) is 21.6. The number of Topliss-reactive ketones (excluding diaryl/α,β-unsaturated/α-hetero) is 3. The van der Waals surface area contributed by atoms with Crippen molar-refractivity contribution in [1.82, 2.24) is 0 Å². The molecule has 0 aromatic carbocycles. The molecular formula is C35H52O4. The van der Waals surface area contributed by atoms with Gasteiger partial charge in [0.15, 0.2) is 22.8 Å². The van der Waals surface area contributed by atoms with E-state index in [0.29, 0.717) is 25.7 Å². The number of rotatable bonds is 11. The minimum atomic E-state index is -1.83. The normalized spacial score (nSPS) is 28.3. The van der Waals surface area contributed by atoms with Crippen LogP contribution >= 0.6 is 0 Å². The van der Waals surface area contributed by atoms with Crippen LogP contribution < -0.4 is 0 Å². The van der Waals surface area contributed by atoms with Crippen molar-refractivity contribution < 1.29 is 19.5 Å². The van der Waals surface area contributed by atoms with Gasteiger partial charge < -0.3 is 5.11 Å². The van der Waals surface area contributed by atoms with Crippen molar-refractivity contribution in [2.45, 2.75) is 115 Å². The van der Waals surface area contributed by atoms with Crippen molar-refractivity contribution in [3.05, 3.63) is 57.9 Å². The molecule has 39 heavy (non-hydrogen) atoms. The Morgan fingerprint density at radius 1 is 0.897 bits per heavy atom. The van der Waals surface area contributed by atoms with Gasteiger partial charge in [-0.2, -0.15) is 0 Å². The van der Waals surface area contributed by atoms with Crippen molar-refractivity contribution >= 4 is 17.3 Å². The van der Waals surface area contributed by atoms with Crippen LogP contribution in [-0.4, -0.2) is 22.5 Å². The number of aliphatic hydroxyl groups is 1. The van der Waals surface area contributed by atoms with Crippen LogP contribution in [-0.2, 0) is 14.4 Å². The molecule has 0 heterocycles. The molecule has 1 N–H and O–H groups in total. The Morgan fingerprint density at radius 2 is 1.44 bits per heavy atom. The number of ketones is 3. The molecule has 1 saturated carbocycles. The maximum atomic E-state index is 15.0. The Bertz CT molecular complexity index is 1140. The van der Waals surface area contributed by atoms with Gasteiger partial charge in [0.25, 0.3) is 0 Å². The molecule has 2 rings (SSSR count). The number of allylic oxidation sites excluding steroid dienone is 10. The highest BCUT2D eigenvalue weighted by Crippen LogP contribution is 2.67. The Kier molecular flexibility index (Phi) is 10.4. The largest absolute Gasteiger partial charge is 0.511 e. The maximum Gasteiger partial charge on any atom is 0.184 e. The Morgan fingerprint density at radius 3 is 1.92 bits per heavy atom. The summed E-state index contributed by atoms with van der Waals surface area (Å²) < 4.78 is 0. The number of aliphatic hydroxyl groups excluding tert-OH is 1. The van der Waals surface area contributed by atoms with Gasteiger partial charge in [0.05, 0.1) is 5.41 Å². The van der Waals surface area contributed by atoms with E-state index in [1.165, 1.54) is 5.57 Å². The molecule has 1 fully saturated rings. The Hall–Kier alpha value is -2.49. The molecule has 2 aliphatic carbocycles. The average Bonchev–Trinajstić information content (AvgIpc) is 2.81. The fourth-order valence-electron chi connectivity index (χ4n) is 6.71. The molecule has 4 nitrogen and oxygen atoms in total. The molecule has 0 spiro atoms. The zero-order valence-corrected chi connectivity index (χ0v) is 26.4. The van der Waals surface area contributed by atoms with E-state index in [4.69, 9.17) is 0 Å². The predicted molar refractivity (Wildman–Crippen MR) is 161 cm³/mol. The number of carbonyl (C=O) groups excluding carboxylic acids is 3. The number of hydrogen-bond donors (Lipinski definition) is 1. The average molecular weight is 537 g/mol. The number of hydrogen-bond acceptors (Lipinski definition) is 4. The summed E-state index contributed by atoms with van der Waals surface area (Å²) in [5.41, 5.74) is 0.583. The van der Waals surface area contributed by atoms with Gasteiger partial charge in [0.1, 0.15) is 5.76 Å². The Labute approximate surface area is 237 Å². The lowest BCUT2D eigenvalue weighted by Crippen LogP contribution is -2.71. The van der Waals surface area contributed by atoms with Crippen LogP contribution in [0.3, 0.4) is 0 Å². The third-order valence-electron chi connectivity index (χ3n) is 8.98. The van der Waals surface area contributed by atoms with Crippen molar-refractivity contribution in [3.63, 3.8) is 0 Å². The van der Waals surface area contributed by atoms with E-state index in [0.717, 1.165) is 16.7 Å². The van der Waals surface area contributed by atoms with Gasteiger partial charge in [-0.05, 0) is 105 Å². The zero-order valence-electron chi connectivity index (χ0n) is 26.4. The van der Waals surface area contributed by atoms with Crippen LogP contribution in [0, 0.1) is 28.1 Å². The van der Waals surface area contributed by atoms with E-state index in [2.05, 4.69) is 12.2 Å². The lowest BCUT2D eigenvalue weighted by Gasteiger charge is -2.61. The van der Waals surface area contributed by atoms with Crippen LogP contribution in [0.4, 0.5) is 0 Å². The van der Waals surface area contributed by atoms with Gasteiger partial charge in [-0.25, -0.2) is 0 Å². The first kappa shape index (κ1) is 32.7. The fraction of sp³-hybridized carbons (Fsp3) is 0.629. The van der Waals surface area contributed by atoms with Gasteiger partial charge in [0, 0.05) is 11.5 Å². The topological polar surface area (TPSA) is 71.4 Å². The minimum Gasteiger partial charge on any atom is -0.511 e. The first-order chi connectivity index (χ1) is 18.0. The molecule has 4 atom stereocenters. The molecule has 2 bridgehead atoms. The molecule has 2 unspecified atom stereocenters. The van der Waals surface area contributed by atoms with Gasteiger partial charge in [-0.3, -0.25) is 14.4 Å². The minimum absolute atomic E-state index is 0.117. The number of fused-ring (bicyclic) bond motifs is 2. The monoisotopic (exact) mass is 536 g/mol. The van der Waals surface area contributed by atoms with E-state index >= 15 is 0 Å². The van der Waals surface area contributed by atoms with E-state index in [-0.39, 0.29) is 41.7 Å². The second kappa shape index (κ2) is 12.4. The maximum absolute atomic E-state index is 15.0. The van der Waals surface area contributed by atoms with Crippen molar-refractivity contribution in [2.24, 2.45) is 28.1 Å². The molecule has 0 amide bonds. The molecule has 4 heteroatoms. The summed E-state index contributed by atoms with van der Waals surface area (Å²) in [5.74, 6) is -1.93. The standard InChI is InChI=1S/C35H52O4/c1-22(2)13-12-19-33(11)27(16-14-23(3)4)21-34(20-18-25(7)8)30(37)28(17-15-24(5)6)31(38)35(33,32(34)39)29(36)26(9)10/h13-15,18,26-27,37H,12,16-17,19-21H2,1-11H3/t27?,33-,34?,35+/m1/s1. The number of carbonyl (C=O) groups is 3. The third-order valence-corrected chi connectivity index (χ3v) is 8.98. The molecule has 0 aromatic rings. The quantitative estimate of drug-likeness (QED) is 0.211. The Balaban J connectivity index is 3.09. The highest BCUT2D eigenvalue weighted by Gasteiger charge is 2.75. The van der Waals surface area contributed by atoms with Crippen LogP contribution in [0.5, 0.6) is 0 Å². The van der Waals surface area contributed by atoms with Gasteiger partial charge in [0.2, 0.25) is 0 Å².